The van der Waals surface area contributed by atoms with Gasteiger partial charge in [0.05, 0.1) is 0 Å². The van der Waals surface area contributed by atoms with Gasteiger partial charge >= 0.3 is 0 Å². The van der Waals surface area contributed by atoms with E-state index in [4.69, 9.17) is 11.6 Å². The first-order valence-corrected chi connectivity index (χ1v) is 9.79. The van der Waals surface area contributed by atoms with Gasteiger partial charge in [-0.25, -0.2) is 4.98 Å². The Balaban J connectivity index is 1.39. The highest BCUT2D eigenvalue weighted by Gasteiger charge is 2.34. The zero-order valence-electron chi connectivity index (χ0n) is 13.8. The van der Waals surface area contributed by atoms with Gasteiger partial charge in [0.25, 0.3) is 5.91 Å². The van der Waals surface area contributed by atoms with E-state index < -0.39 is 0 Å². The molecule has 2 bridgehead atoms. The lowest BCUT2D eigenvalue weighted by Gasteiger charge is -2.44. The number of hydrogen-bond donors (Lipinski definition) is 1. The van der Waals surface area contributed by atoms with Crippen LogP contribution in [0.2, 0.25) is 5.15 Å². The lowest BCUT2D eigenvalue weighted by molar-refractivity contribution is 0.0620. The Labute approximate surface area is 157 Å². The van der Waals surface area contributed by atoms with Gasteiger partial charge in [0.15, 0.2) is 0 Å². The lowest BCUT2D eigenvalue weighted by Crippen LogP contribution is -2.57. The molecule has 0 aliphatic carbocycles. The molecule has 130 valence electrons. The van der Waals surface area contributed by atoms with E-state index in [9.17, 15) is 4.79 Å². The second-order valence-corrected chi connectivity index (χ2v) is 8.19. The zero-order chi connectivity index (χ0) is 17.2. The Morgan fingerprint density at radius 2 is 1.92 bits per heavy atom. The zero-order valence-corrected chi connectivity index (χ0v) is 15.4. The highest BCUT2D eigenvalue weighted by atomic mass is 35.5. The number of aromatic nitrogens is 1. The standard InChI is InChI=1S/C19H20ClN3OS/c20-18-11-16(5-8-21-18)25-15-3-1-14(2-4-15)19(24)22-17-12-23-9-6-13(17)7-10-23/h1-5,8,11,13,17H,6-7,9-10,12H2,(H,22,24). The van der Waals surface area contributed by atoms with Crippen molar-refractivity contribution >= 4 is 29.3 Å². The number of nitrogens with zero attached hydrogens (tertiary/aromatic N) is 2. The number of piperidine rings is 3. The van der Waals surface area contributed by atoms with Crippen molar-refractivity contribution in [3.8, 4) is 0 Å². The molecular weight excluding hydrogens is 354 g/mol. The van der Waals surface area contributed by atoms with E-state index in [2.05, 4.69) is 15.2 Å². The molecule has 1 aromatic carbocycles. The molecule has 3 aliphatic rings. The highest BCUT2D eigenvalue weighted by Crippen LogP contribution is 2.29. The molecule has 1 N–H and O–H groups in total. The number of benzene rings is 1. The van der Waals surface area contributed by atoms with Crippen LogP contribution in [0.25, 0.3) is 0 Å². The summed E-state index contributed by atoms with van der Waals surface area (Å²) in [5.41, 5.74) is 0.716. The molecule has 1 amide bonds. The van der Waals surface area contributed by atoms with Crippen LogP contribution in [0.15, 0.2) is 52.4 Å². The van der Waals surface area contributed by atoms with Crippen LogP contribution in [-0.4, -0.2) is 41.5 Å². The molecular formula is C19H20ClN3OS. The van der Waals surface area contributed by atoms with Crippen molar-refractivity contribution in [2.75, 3.05) is 19.6 Å². The van der Waals surface area contributed by atoms with E-state index in [1.165, 1.54) is 25.9 Å². The summed E-state index contributed by atoms with van der Waals surface area (Å²) in [5, 5.41) is 3.71. The van der Waals surface area contributed by atoms with Gasteiger partial charge in [-0.1, -0.05) is 23.4 Å². The van der Waals surface area contributed by atoms with Gasteiger partial charge in [-0.2, -0.15) is 0 Å². The van der Waals surface area contributed by atoms with Crippen LogP contribution in [0.1, 0.15) is 23.2 Å². The van der Waals surface area contributed by atoms with Crippen LogP contribution in [0.5, 0.6) is 0 Å². The summed E-state index contributed by atoms with van der Waals surface area (Å²) < 4.78 is 0. The number of fused-ring (bicyclic) bond motifs is 3. The monoisotopic (exact) mass is 373 g/mol. The average molecular weight is 374 g/mol. The van der Waals surface area contributed by atoms with Crippen LogP contribution in [0, 0.1) is 5.92 Å². The van der Waals surface area contributed by atoms with E-state index in [0.29, 0.717) is 22.7 Å². The summed E-state index contributed by atoms with van der Waals surface area (Å²) in [4.78, 5) is 21.1. The van der Waals surface area contributed by atoms with Crippen LogP contribution in [-0.2, 0) is 0 Å². The molecule has 6 heteroatoms. The van der Waals surface area contributed by atoms with Crippen molar-refractivity contribution in [3.63, 3.8) is 0 Å². The Morgan fingerprint density at radius 1 is 1.16 bits per heavy atom. The smallest absolute Gasteiger partial charge is 0.251 e. The summed E-state index contributed by atoms with van der Waals surface area (Å²) in [5.74, 6) is 0.669. The summed E-state index contributed by atoms with van der Waals surface area (Å²) >= 11 is 7.52. The average Bonchev–Trinajstić information content (AvgIpc) is 2.63. The molecule has 4 nitrogen and oxygen atoms in total. The predicted octanol–water partition coefficient (Wildman–Crippen LogP) is 3.71. The molecule has 3 aliphatic heterocycles. The fourth-order valence-electron chi connectivity index (χ4n) is 3.64. The fraction of sp³-hybridized carbons (Fsp3) is 0.368. The van der Waals surface area contributed by atoms with Gasteiger partial charge in [-0.05, 0) is 68.2 Å². The molecule has 3 saturated heterocycles. The minimum Gasteiger partial charge on any atom is -0.348 e. The molecule has 3 fully saturated rings. The Bertz CT molecular complexity index is 760. The molecule has 1 atom stereocenters. The molecule has 5 rings (SSSR count). The first-order chi connectivity index (χ1) is 12.2. The number of halogens is 1. The van der Waals surface area contributed by atoms with E-state index in [1.807, 2.05) is 36.4 Å². The second-order valence-electron chi connectivity index (χ2n) is 6.66. The van der Waals surface area contributed by atoms with Crippen LogP contribution >= 0.6 is 23.4 Å². The highest BCUT2D eigenvalue weighted by molar-refractivity contribution is 7.99. The normalized spacial score (nSPS) is 24.9. The molecule has 0 radical (unpaired) electrons. The third-order valence-corrected chi connectivity index (χ3v) is 6.23. The number of carbonyl (C=O) groups is 1. The van der Waals surface area contributed by atoms with Crippen molar-refractivity contribution in [2.45, 2.75) is 28.7 Å². The quantitative estimate of drug-likeness (QED) is 0.830. The topological polar surface area (TPSA) is 45.2 Å². The van der Waals surface area contributed by atoms with Gasteiger partial charge in [-0.3, -0.25) is 4.79 Å². The van der Waals surface area contributed by atoms with Crippen LogP contribution < -0.4 is 5.32 Å². The van der Waals surface area contributed by atoms with Gasteiger partial charge < -0.3 is 10.2 Å². The van der Waals surface area contributed by atoms with E-state index >= 15 is 0 Å². The number of nitrogens with one attached hydrogen (secondary N) is 1. The summed E-state index contributed by atoms with van der Waals surface area (Å²) in [7, 11) is 0. The molecule has 0 saturated carbocycles. The number of pyridine rings is 1. The maximum Gasteiger partial charge on any atom is 0.251 e. The third-order valence-electron chi connectivity index (χ3n) is 5.02. The lowest BCUT2D eigenvalue weighted by atomic mass is 9.84. The van der Waals surface area contributed by atoms with E-state index in [0.717, 1.165) is 16.3 Å². The van der Waals surface area contributed by atoms with Gasteiger partial charge in [0.1, 0.15) is 5.15 Å². The Hall–Kier alpha value is -1.56. The van der Waals surface area contributed by atoms with Gasteiger partial charge in [0, 0.05) is 34.1 Å². The van der Waals surface area contributed by atoms with Crippen molar-refractivity contribution in [3.05, 3.63) is 53.3 Å². The molecule has 2 aromatic rings. The number of amides is 1. The van der Waals surface area contributed by atoms with Crippen LogP contribution in [0.3, 0.4) is 0 Å². The molecule has 0 spiro atoms. The number of rotatable bonds is 4. The van der Waals surface area contributed by atoms with Gasteiger partial charge in [0.2, 0.25) is 0 Å². The van der Waals surface area contributed by atoms with Crippen molar-refractivity contribution in [2.24, 2.45) is 5.92 Å². The first kappa shape index (κ1) is 16.9. The Kier molecular flexibility index (Phi) is 4.97. The molecule has 1 aromatic heterocycles. The number of hydrogen-bond acceptors (Lipinski definition) is 4. The van der Waals surface area contributed by atoms with Crippen LogP contribution in [0.4, 0.5) is 0 Å². The SMILES string of the molecule is O=C(NC1CN2CCC1CC2)c1ccc(Sc2ccnc(Cl)c2)cc1. The third kappa shape index (κ3) is 4.00. The predicted molar refractivity (Wildman–Crippen MR) is 100 cm³/mol. The minimum atomic E-state index is 0.0299. The maximum atomic E-state index is 12.5. The summed E-state index contributed by atoms with van der Waals surface area (Å²) in [6, 6.07) is 11.8. The van der Waals surface area contributed by atoms with E-state index in [-0.39, 0.29) is 5.91 Å². The second kappa shape index (κ2) is 7.36. The summed E-state index contributed by atoms with van der Waals surface area (Å²) in [6.07, 6.45) is 4.10. The Morgan fingerprint density at radius 3 is 2.56 bits per heavy atom. The first-order valence-electron chi connectivity index (χ1n) is 8.60. The van der Waals surface area contributed by atoms with Crippen molar-refractivity contribution < 1.29 is 4.79 Å². The van der Waals surface area contributed by atoms with Gasteiger partial charge in [-0.15, -0.1) is 0 Å². The molecule has 25 heavy (non-hydrogen) atoms. The minimum absolute atomic E-state index is 0.0299. The largest absolute Gasteiger partial charge is 0.348 e. The number of carbonyl (C=O) groups excluding carboxylic acids is 1. The summed E-state index contributed by atoms with van der Waals surface area (Å²) in [6.45, 7) is 3.36. The fourth-order valence-corrected chi connectivity index (χ4v) is 4.72. The molecule has 4 heterocycles. The molecule has 1 unspecified atom stereocenters. The van der Waals surface area contributed by atoms with Crippen molar-refractivity contribution in [1.82, 2.24) is 15.2 Å². The van der Waals surface area contributed by atoms with E-state index in [1.54, 1.807) is 18.0 Å². The maximum absolute atomic E-state index is 12.5. The van der Waals surface area contributed by atoms with Crippen molar-refractivity contribution in [1.29, 1.82) is 0 Å².